The van der Waals surface area contributed by atoms with Gasteiger partial charge < -0.3 is 10.5 Å². The van der Waals surface area contributed by atoms with Crippen molar-refractivity contribution in [3.8, 4) is 0 Å². The number of hydrogen-bond acceptors (Lipinski definition) is 6. The molecule has 0 spiro atoms. The number of benzene rings is 1. The smallest absolute Gasteiger partial charge is 0.255 e. The van der Waals surface area contributed by atoms with E-state index >= 15 is 0 Å². The quantitative estimate of drug-likeness (QED) is 0.173. The van der Waals surface area contributed by atoms with Crippen LogP contribution in [0.3, 0.4) is 0 Å². The highest BCUT2D eigenvalue weighted by Crippen LogP contribution is 2.26. The number of hydrogen-bond donors (Lipinski definition) is 4. The van der Waals surface area contributed by atoms with Gasteiger partial charge in [0, 0.05) is 12.1 Å². The molecule has 32 heavy (non-hydrogen) atoms. The maximum Gasteiger partial charge on any atom is 0.255 e. The Balaban J connectivity index is 3.40. The van der Waals surface area contributed by atoms with Gasteiger partial charge in [-0.1, -0.05) is 44.2 Å². The normalized spacial score (nSPS) is 14.0. The van der Waals surface area contributed by atoms with Gasteiger partial charge >= 0.3 is 0 Å². The molecule has 0 saturated carbocycles. The van der Waals surface area contributed by atoms with Crippen molar-refractivity contribution in [3.63, 3.8) is 0 Å². The summed E-state index contributed by atoms with van der Waals surface area (Å²) in [5.74, 6) is -0.556. The molecule has 176 valence electrons. The van der Waals surface area contributed by atoms with Crippen LogP contribution in [-0.2, 0) is 19.6 Å². The number of carbonyl (C=O) groups excluding carboxylic acids is 1. The number of allylic oxidation sites excluding steroid dienone is 2. The van der Waals surface area contributed by atoms with Gasteiger partial charge in [-0.05, 0) is 48.1 Å². The van der Waals surface area contributed by atoms with E-state index < -0.39 is 22.0 Å². The molecule has 1 aromatic rings. The van der Waals surface area contributed by atoms with Gasteiger partial charge in [-0.2, -0.15) is 0 Å². The first-order chi connectivity index (χ1) is 14.9. The number of amides is 1. The summed E-state index contributed by atoms with van der Waals surface area (Å²) in [5, 5.41) is 10.6. The molecule has 9 heteroatoms. The zero-order valence-electron chi connectivity index (χ0n) is 19.5. The fraction of sp³-hybridized carbons (Fsp3) is 0.391. The molecule has 0 aromatic heterocycles. The van der Waals surface area contributed by atoms with Gasteiger partial charge in [0.1, 0.15) is 11.9 Å². The summed E-state index contributed by atoms with van der Waals surface area (Å²) >= 11 is 0. The van der Waals surface area contributed by atoms with Gasteiger partial charge in [-0.15, -0.1) is 0 Å². The third-order valence-electron chi connectivity index (χ3n) is 4.64. The summed E-state index contributed by atoms with van der Waals surface area (Å²) < 4.78 is 30.6. The first kappa shape index (κ1) is 27.1. The Hall–Kier alpha value is -2.91. The van der Waals surface area contributed by atoms with Crippen LogP contribution in [0.15, 0.2) is 48.3 Å². The van der Waals surface area contributed by atoms with Crippen molar-refractivity contribution < 1.29 is 17.9 Å². The summed E-state index contributed by atoms with van der Waals surface area (Å²) in [7, 11) is -2.18. The molecule has 0 bridgehead atoms. The number of sulfonamides is 1. The second-order valence-electron chi connectivity index (χ2n) is 7.72. The lowest BCUT2D eigenvalue weighted by molar-refractivity contribution is -0.121. The first-order valence-corrected chi connectivity index (χ1v) is 12.1. The number of amidine groups is 1. The molecule has 1 rings (SSSR count). The molecule has 1 atom stereocenters. The Kier molecular flexibility index (Phi) is 10.3. The van der Waals surface area contributed by atoms with Crippen molar-refractivity contribution in [1.82, 2.24) is 10.0 Å². The van der Waals surface area contributed by atoms with Crippen molar-refractivity contribution in [1.29, 1.82) is 5.41 Å². The van der Waals surface area contributed by atoms with Crippen molar-refractivity contribution >= 4 is 27.3 Å². The van der Waals surface area contributed by atoms with Crippen molar-refractivity contribution in [2.45, 2.75) is 39.7 Å². The van der Waals surface area contributed by atoms with Crippen LogP contribution in [0.4, 0.5) is 0 Å². The molecule has 0 heterocycles. The van der Waals surface area contributed by atoms with Gasteiger partial charge in [0.15, 0.2) is 0 Å². The van der Waals surface area contributed by atoms with Crippen LogP contribution in [0.1, 0.15) is 56.3 Å². The third-order valence-corrected chi connectivity index (χ3v) is 5.21. The van der Waals surface area contributed by atoms with Crippen molar-refractivity contribution in [3.05, 3.63) is 65.0 Å². The van der Waals surface area contributed by atoms with Crippen LogP contribution < -0.4 is 15.8 Å². The predicted octanol–water partition coefficient (Wildman–Crippen LogP) is 2.96. The largest absolute Gasteiger partial charge is 0.504 e. The van der Waals surface area contributed by atoms with Crippen LogP contribution in [0, 0.1) is 5.41 Å². The number of rotatable bonds is 11. The van der Waals surface area contributed by atoms with Gasteiger partial charge in [-0.25, -0.2) is 8.42 Å². The van der Waals surface area contributed by atoms with Gasteiger partial charge in [-0.3, -0.25) is 20.2 Å². The molecule has 0 radical (unpaired) electrons. The molecule has 0 saturated heterocycles. The molecule has 0 fully saturated rings. The highest BCUT2D eigenvalue weighted by Gasteiger charge is 2.24. The Morgan fingerprint density at radius 3 is 2.38 bits per heavy atom. The Labute approximate surface area is 191 Å². The summed E-state index contributed by atoms with van der Waals surface area (Å²) in [6, 6.07) is 4.83. The monoisotopic (exact) mass is 462 g/mol. The zero-order valence-corrected chi connectivity index (χ0v) is 20.3. The summed E-state index contributed by atoms with van der Waals surface area (Å²) in [6.07, 6.45) is 7.65. The number of nitrogens with two attached hydrogens (primary N) is 1. The zero-order chi connectivity index (χ0) is 24.5. The second-order valence-corrected chi connectivity index (χ2v) is 9.47. The van der Waals surface area contributed by atoms with E-state index in [1.807, 2.05) is 39.0 Å². The first-order valence-electron chi connectivity index (χ1n) is 10.2. The van der Waals surface area contributed by atoms with E-state index in [1.165, 1.54) is 0 Å². The van der Waals surface area contributed by atoms with E-state index in [9.17, 15) is 13.2 Å². The molecule has 0 aliphatic rings. The topological polar surface area (TPSA) is 134 Å². The summed E-state index contributed by atoms with van der Waals surface area (Å²) in [4.78, 5) is 12.9. The lowest BCUT2D eigenvalue weighted by atomic mass is 9.92. The average molecular weight is 463 g/mol. The van der Waals surface area contributed by atoms with E-state index in [0.29, 0.717) is 11.1 Å². The molecule has 1 aromatic carbocycles. The van der Waals surface area contributed by atoms with E-state index in [4.69, 9.17) is 15.9 Å². The lowest BCUT2D eigenvalue weighted by Gasteiger charge is -2.20. The number of nitrogens with one attached hydrogen (secondary N) is 3. The van der Waals surface area contributed by atoms with Gasteiger partial charge in [0.05, 0.1) is 19.6 Å². The number of carbonyl (C=O) groups is 1. The van der Waals surface area contributed by atoms with Crippen LogP contribution >= 0.6 is 0 Å². The lowest BCUT2D eigenvalue weighted by Crippen LogP contribution is -2.40. The fourth-order valence-electron chi connectivity index (χ4n) is 2.97. The molecule has 8 nitrogen and oxygen atoms in total. The van der Waals surface area contributed by atoms with E-state index in [2.05, 4.69) is 10.0 Å². The van der Waals surface area contributed by atoms with Crippen LogP contribution in [0.5, 0.6) is 0 Å². The van der Waals surface area contributed by atoms with E-state index in [0.717, 1.165) is 23.0 Å². The molecule has 5 N–H and O–H groups in total. The molecule has 0 aliphatic heterocycles. The fourth-order valence-corrected chi connectivity index (χ4v) is 3.45. The minimum absolute atomic E-state index is 0.0650. The van der Waals surface area contributed by atoms with Crippen LogP contribution in [0.25, 0.3) is 5.57 Å². The molecular weight excluding hydrogens is 428 g/mol. The second kappa shape index (κ2) is 12.2. The average Bonchev–Trinajstić information content (AvgIpc) is 2.68. The highest BCUT2D eigenvalue weighted by molar-refractivity contribution is 7.89. The van der Waals surface area contributed by atoms with Gasteiger partial charge in [0.25, 0.3) is 5.91 Å². The Bertz CT molecular complexity index is 1020. The maximum absolute atomic E-state index is 12.9. The predicted molar refractivity (Wildman–Crippen MR) is 130 cm³/mol. The summed E-state index contributed by atoms with van der Waals surface area (Å²) in [6.45, 7) is 8.00. The van der Waals surface area contributed by atoms with E-state index in [1.54, 1.807) is 38.5 Å². The third kappa shape index (κ3) is 8.68. The minimum atomic E-state index is -3.74. The Morgan fingerprint density at radius 2 is 1.88 bits per heavy atom. The standard InChI is InChI=1S/C23H34N4O4S/c1-7-17(22(24)25)9-8-10-26-21(23(28)27-32(6,29)30)20-12-18(15(2)3)11-19(13-20)16(4)14-31-5/h7-9,11-15,21,26H,10H2,1-6H3,(H3,24,25)(H,27,28)/b9-8-,16-14-,17-7+. The molecular formula is C23H34N4O4S. The molecule has 0 aliphatic carbocycles. The van der Waals surface area contributed by atoms with Crippen molar-refractivity contribution in [2.24, 2.45) is 5.73 Å². The number of methoxy groups -OCH3 is 1. The van der Waals surface area contributed by atoms with Crippen LogP contribution in [-0.4, -0.2) is 40.1 Å². The number of ether oxygens (including phenoxy) is 1. The highest BCUT2D eigenvalue weighted by atomic mass is 32.2. The summed E-state index contributed by atoms with van der Waals surface area (Å²) in [5.41, 5.74) is 9.43. The maximum atomic E-state index is 12.9. The SMILES string of the molecule is C/C=C(\C=C/CNC(C(=O)NS(C)(=O)=O)c1cc(/C(C)=C\OC)cc(C(C)C)c1)C(=N)N. The minimum Gasteiger partial charge on any atom is -0.504 e. The molecule has 1 unspecified atom stereocenters. The Morgan fingerprint density at radius 1 is 1.25 bits per heavy atom. The van der Waals surface area contributed by atoms with Crippen molar-refractivity contribution in [2.75, 3.05) is 19.9 Å². The van der Waals surface area contributed by atoms with E-state index in [-0.39, 0.29) is 18.3 Å². The van der Waals surface area contributed by atoms with Gasteiger partial charge in [0.2, 0.25) is 10.0 Å². The van der Waals surface area contributed by atoms with Crippen LogP contribution in [0.2, 0.25) is 0 Å². The molecule has 1 amide bonds.